The van der Waals surface area contributed by atoms with Crippen molar-refractivity contribution in [3.63, 3.8) is 0 Å². The molecule has 29 heavy (non-hydrogen) atoms. The summed E-state index contributed by atoms with van der Waals surface area (Å²) in [5, 5.41) is 9.61. The van der Waals surface area contributed by atoms with Gasteiger partial charge in [-0.25, -0.2) is 4.98 Å². The van der Waals surface area contributed by atoms with Crippen molar-refractivity contribution in [2.75, 3.05) is 5.32 Å². The van der Waals surface area contributed by atoms with E-state index in [4.69, 9.17) is 0 Å². The molecule has 1 N–H and O–H groups in total. The van der Waals surface area contributed by atoms with E-state index in [2.05, 4.69) is 29.2 Å². The Morgan fingerprint density at radius 2 is 1.97 bits per heavy atom. The SMILES string of the molecule is Cc1nn(CC(C)C)c(C)c1CC(=O)Nc1ccc(-c2cn3ccsc3n2)cc1. The second kappa shape index (κ2) is 7.83. The number of aromatic nitrogens is 4. The molecule has 0 saturated carbocycles. The Morgan fingerprint density at radius 3 is 2.66 bits per heavy atom. The smallest absolute Gasteiger partial charge is 0.228 e. The molecule has 0 bridgehead atoms. The lowest BCUT2D eigenvalue weighted by Gasteiger charge is -2.09. The summed E-state index contributed by atoms with van der Waals surface area (Å²) in [5.41, 5.74) is 5.75. The van der Waals surface area contributed by atoms with E-state index in [-0.39, 0.29) is 5.91 Å². The van der Waals surface area contributed by atoms with Gasteiger partial charge in [0.25, 0.3) is 0 Å². The van der Waals surface area contributed by atoms with E-state index in [0.29, 0.717) is 12.3 Å². The Kier molecular flexibility index (Phi) is 5.24. The number of amides is 1. The minimum absolute atomic E-state index is 0.0319. The largest absolute Gasteiger partial charge is 0.326 e. The van der Waals surface area contributed by atoms with Crippen molar-refractivity contribution >= 4 is 27.9 Å². The van der Waals surface area contributed by atoms with Crippen LogP contribution >= 0.6 is 11.3 Å². The molecule has 4 aromatic rings. The number of carbonyl (C=O) groups is 1. The van der Waals surface area contributed by atoms with Gasteiger partial charge in [-0.2, -0.15) is 5.10 Å². The highest BCUT2D eigenvalue weighted by Crippen LogP contribution is 2.23. The topological polar surface area (TPSA) is 64.2 Å². The van der Waals surface area contributed by atoms with Gasteiger partial charge in [-0.1, -0.05) is 26.0 Å². The minimum atomic E-state index is -0.0319. The zero-order valence-corrected chi connectivity index (χ0v) is 18.0. The molecule has 0 atom stereocenters. The van der Waals surface area contributed by atoms with Crippen LogP contribution in [-0.4, -0.2) is 25.1 Å². The average molecular weight is 408 g/mol. The second-order valence-electron chi connectivity index (χ2n) is 7.75. The number of rotatable bonds is 6. The fraction of sp³-hybridized carbons (Fsp3) is 0.318. The molecule has 0 aliphatic carbocycles. The van der Waals surface area contributed by atoms with E-state index in [1.165, 1.54) is 0 Å². The van der Waals surface area contributed by atoms with E-state index in [1.54, 1.807) is 11.3 Å². The molecule has 4 rings (SSSR count). The van der Waals surface area contributed by atoms with Crippen LogP contribution in [0.3, 0.4) is 0 Å². The van der Waals surface area contributed by atoms with Gasteiger partial charge in [-0.3, -0.25) is 13.9 Å². The van der Waals surface area contributed by atoms with E-state index in [0.717, 1.165) is 45.4 Å². The lowest BCUT2D eigenvalue weighted by atomic mass is 10.1. The molecule has 0 spiro atoms. The van der Waals surface area contributed by atoms with Crippen molar-refractivity contribution in [3.05, 3.63) is 59.0 Å². The number of carbonyl (C=O) groups excluding carboxylic acids is 1. The van der Waals surface area contributed by atoms with Crippen LogP contribution in [0.2, 0.25) is 0 Å². The maximum absolute atomic E-state index is 12.6. The van der Waals surface area contributed by atoms with Crippen molar-refractivity contribution in [2.24, 2.45) is 5.92 Å². The van der Waals surface area contributed by atoms with Gasteiger partial charge in [0.15, 0.2) is 4.96 Å². The highest BCUT2D eigenvalue weighted by Gasteiger charge is 2.16. The van der Waals surface area contributed by atoms with Gasteiger partial charge in [0.1, 0.15) is 0 Å². The van der Waals surface area contributed by atoms with E-state index < -0.39 is 0 Å². The summed E-state index contributed by atoms with van der Waals surface area (Å²) < 4.78 is 4.02. The molecule has 3 heterocycles. The highest BCUT2D eigenvalue weighted by atomic mass is 32.1. The number of anilines is 1. The van der Waals surface area contributed by atoms with Crippen molar-refractivity contribution in [3.8, 4) is 11.3 Å². The van der Waals surface area contributed by atoms with E-state index >= 15 is 0 Å². The molecule has 0 saturated heterocycles. The van der Waals surface area contributed by atoms with Crippen molar-refractivity contribution in [1.29, 1.82) is 0 Å². The quantitative estimate of drug-likeness (QED) is 0.503. The molecule has 3 aromatic heterocycles. The third-order valence-corrected chi connectivity index (χ3v) is 5.74. The summed E-state index contributed by atoms with van der Waals surface area (Å²) in [6.07, 6.45) is 4.34. The molecule has 6 nitrogen and oxygen atoms in total. The molecule has 0 radical (unpaired) electrons. The van der Waals surface area contributed by atoms with Crippen LogP contribution < -0.4 is 5.32 Å². The highest BCUT2D eigenvalue weighted by molar-refractivity contribution is 7.15. The molecule has 1 amide bonds. The summed E-state index contributed by atoms with van der Waals surface area (Å²) >= 11 is 1.61. The van der Waals surface area contributed by atoms with Crippen LogP contribution in [0.15, 0.2) is 42.0 Å². The zero-order valence-electron chi connectivity index (χ0n) is 17.1. The summed E-state index contributed by atoms with van der Waals surface area (Å²) in [6, 6.07) is 7.81. The summed E-state index contributed by atoms with van der Waals surface area (Å²) in [4.78, 5) is 18.2. The van der Waals surface area contributed by atoms with E-state index in [1.807, 2.05) is 65.0 Å². The Hall–Kier alpha value is -2.93. The van der Waals surface area contributed by atoms with Gasteiger partial charge < -0.3 is 5.32 Å². The standard InChI is InChI=1S/C22H25N5OS/c1-14(2)12-27-16(4)19(15(3)25-27)11-21(28)23-18-7-5-17(6-8-18)20-13-26-9-10-29-22(26)24-20/h5-10,13-14H,11-12H2,1-4H3,(H,23,28). The number of nitrogens with zero attached hydrogens (tertiary/aromatic N) is 4. The number of nitrogens with one attached hydrogen (secondary N) is 1. The Balaban J connectivity index is 1.43. The van der Waals surface area contributed by atoms with Crippen molar-refractivity contribution in [1.82, 2.24) is 19.2 Å². The molecular formula is C22H25N5OS. The Morgan fingerprint density at radius 1 is 1.21 bits per heavy atom. The predicted molar refractivity (Wildman–Crippen MR) is 117 cm³/mol. The number of thiazole rings is 1. The number of hydrogen-bond donors (Lipinski definition) is 1. The third kappa shape index (κ3) is 4.10. The third-order valence-electron chi connectivity index (χ3n) is 4.96. The Labute approximate surface area is 174 Å². The van der Waals surface area contributed by atoms with Gasteiger partial charge in [0.2, 0.25) is 5.91 Å². The van der Waals surface area contributed by atoms with Gasteiger partial charge in [-0.15, -0.1) is 11.3 Å². The molecule has 150 valence electrons. The molecule has 0 fully saturated rings. The maximum Gasteiger partial charge on any atom is 0.228 e. The molecular weight excluding hydrogens is 382 g/mol. The number of benzene rings is 1. The fourth-order valence-corrected chi connectivity index (χ4v) is 4.17. The first-order valence-corrected chi connectivity index (χ1v) is 10.6. The summed E-state index contributed by atoms with van der Waals surface area (Å²) in [6.45, 7) is 9.20. The van der Waals surface area contributed by atoms with E-state index in [9.17, 15) is 4.79 Å². The Bertz CT molecular complexity index is 1120. The molecule has 1 aromatic carbocycles. The maximum atomic E-state index is 12.6. The number of imidazole rings is 1. The van der Waals surface area contributed by atoms with Gasteiger partial charge >= 0.3 is 0 Å². The van der Waals surface area contributed by atoms with Gasteiger partial charge in [0, 0.05) is 46.8 Å². The number of hydrogen-bond acceptors (Lipinski definition) is 4. The average Bonchev–Trinajstić information content (AvgIpc) is 3.33. The van der Waals surface area contributed by atoms with Crippen LogP contribution in [0.5, 0.6) is 0 Å². The first kappa shape index (κ1) is 19.4. The molecule has 0 aliphatic rings. The van der Waals surface area contributed by atoms with Gasteiger partial charge in [-0.05, 0) is 31.9 Å². The first-order valence-electron chi connectivity index (χ1n) is 9.76. The normalized spacial score (nSPS) is 11.5. The van der Waals surface area contributed by atoms with Crippen LogP contribution in [0.1, 0.15) is 30.8 Å². The van der Waals surface area contributed by atoms with Crippen LogP contribution in [0, 0.1) is 19.8 Å². The predicted octanol–water partition coefficient (Wildman–Crippen LogP) is 4.71. The second-order valence-corrected chi connectivity index (χ2v) is 8.62. The van der Waals surface area contributed by atoms with Crippen LogP contribution in [0.4, 0.5) is 5.69 Å². The zero-order chi connectivity index (χ0) is 20.5. The molecule has 7 heteroatoms. The molecule has 0 unspecified atom stereocenters. The summed E-state index contributed by atoms with van der Waals surface area (Å²) in [7, 11) is 0. The fourth-order valence-electron chi connectivity index (χ4n) is 3.47. The lowest BCUT2D eigenvalue weighted by molar-refractivity contribution is -0.115. The number of aryl methyl sites for hydroxylation is 1. The van der Waals surface area contributed by atoms with Crippen LogP contribution in [-0.2, 0) is 17.8 Å². The summed E-state index contributed by atoms with van der Waals surface area (Å²) in [5.74, 6) is 0.481. The minimum Gasteiger partial charge on any atom is -0.326 e. The monoisotopic (exact) mass is 407 g/mol. The first-order chi connectivity index (χ1) is 13.9. The van der Waals surface area contributed by atoms with Crippen molar-refractivity contribution in [2.45, 2.75) is 40.7 Å². The van der Waals surface area contributed by atoms with Gasteiger partial charge in [0.05, 0.1) is 17.8 Å². The van der Waals surface area contributed by atoms with Crippen molar-refractivity contribution < 1.29 is 4.79 Å². The van der Waals surface area contributed by atoms with Crippen LogP contribution in [0.25, 0.3) is 16.2 Å². The molecule has 0 aliphatic heterocycles. The number of fused-ring (bicyclic) bond motifs is 1. The lowest BCUT2D eigenvalue weighted by Crippen LogP contribution is -2.15.